The molecule has 0 bridgehead atoms. The maximum Gasteiger partial charge on any atom is 0.270 e. The number of benzene rings is 2. The van der Waals surface area contributed by atoms with Crippen LogP contribution in [0.3, 0.4) is 0 Å². The molecule has 1 N–H and O–H groups in total. The number of allylic oxidation sites excluding steroid dienone is 5. The molecule has 1 atom stereocenters. The Morgan fingerprint density at radius 2 is 1.78 bits per heavy atom. The molecule has 1 aromatic heterocycles. The fourth-order valence-electron chi connectivity index (χ4n) is 5.34. The average molecular weight is 590 g/mol. The Labute approximate surface area is 249 Å². The van der Waals surface area contributed by atoms with Crippen LogP contribution in [0.15, 0.2) is 79.5 Å². The van der Waals surface area contributed by atoms with E-state index in [0.29, 0.717) is 28.6 Å². The molecule has 9 heteroatoms. The third kappa shape index (κ3) is 5.16. The Bertz CT molecular complexity index is 1610. The lowest BCUT2D eigenvalue weighted by Crippen LogP contribution is -2.46. The number of carbonyl (C=O) groups is 3. The second kappa shape index (κ2) is 10.8. The van der Waals surface area contributed by atoms with E-state index in [4.69, 9.17) is 23.2 Å². The van der Waals surface area contributed by atoms with Gasteiger partial charge in [0, 0.05) is 16.5 Å². The molecule has 41 heavy (non-hydrogen) atoms. The van der Waals surface area contributed by atoms with Gasteiger partial charge in [-0.3, -0.25) is 19.0 Å². The molecule has 1 fully saturated rings. The summed E-state index contributed by atoms with van der Waals surface area (Å²) in [6, 6.07) is 12.8. The summed E-state index contributed by atoms with van der Waals surface area (Å²) in [7, 11) is 0. The number of imidazole rings is 1. The van der Waals surface area contributed by atoms with Crippen molar-refractivity contribution in [1.29, 1.82) is 0 Å². The number of aromatic nitrogens is 2. The van der Waals surface area contributed by atoms with Gasteiger partial charge in [-0.05, 0) is 68.5 Å². The van der Waals surface area contributed by atoms with Crippen LogP contribution in [0, 0.1) is 0 Å². The van der Waals surface area contributed by atoms with E-state index < -0.39 is 17.0 Å². The summed E-state index contributed by atoms with van der Waals surface area (Å²) in [5.74, 6) is -0.558. The van der Waals surface area contributed by atoms with Gasteiger partial charge in [0.2, 0.25) is 5.95 Å². The minimum atomic E-state index is -1.21. The van der Waals surface area contributed by atoms with E-state index in [1.807, 2.05) is 49.4 Å². The third-order valence-electron chi connectivity index (χ3n) is 7.77. The SMILES string of the molecule is C=CC=CC(=CC)c1ccc(CC2(C)C(=O)N(c3cc(Cl)cc(Cl)c3)c3ncc(C(=O)NC4(C(C)=O)CC4)n32)cc1. The average Bonchev–Trinajstić information content (AvgIpc) is 3.52. The Balaban J connectivity index is 1.57. The first-order chi connectivity index (χ1) is 19.5. The van der Waals surface area contributed by atoms with Crippen molar-refractivity contribution in [2.75, 3.05) is 4.90 Å². The zero-order valence-electron chi connectivity index (χ0n) is 23.1. The molecule has 2 aliphatic rings. The molecule has 0 radical (unpaired) electrons. The van der Waals surface area contributed by atoms with Gasteiger partial charge in [0.05, 0.1) is 17.4 Å². The van der Waals surface area contributed by atoms with Gasteiger partial charge >= 0.3 is 0 Å². The molecule has 5 rings (SSSR count). The zero-order chi connectivity index (χ0) is 29.5. The summed E-state index contributed by atoms with van der Waals surface area (Å²) in [5.41, 5.74) is 1.52. The molecule has 210 valence electrons. The van der Waals surface area contributed by atoms with Gasteiger partial charge in [0.15, 0.2) is 5.78 Å². The van der Waals surface area contributed by atoms with Crippen LogP contribution in [0.25, 0.3) is 5.57 Å². The topological polar surface area (TPSA) is 84.3 Å². The van der Waals surface area contributed by atoms with Crippen LogP contribution in [-0.2, 0) is 21.5 Å². The van der Waals surface area contributed by atoms with E-state index in [-0.39, 0.29) is 29.8 Å². The number of rotatable bonds is 9. The molecule has 2 aromatic carbocycles. The molecule has 2 amide bonds. The minimum Gasteiger partial charge on any atom is -0.338 e. The van der Waals surface area contributed by atoms with Crippen LogP contribution in [-0.4, -0.2) is 32.7 Å². The van der Waals surface area contributed by atoms with Gasteiger partial charge in [-0.1, -0.05) is 78.4 Å². The van der Waals surface area contributed by atoms with Crippen molar-refractivity contribution in [3.63, 3.8) is 0 Å². The predicted molar refractivity (Wildman–Crippen MR) is 163 cm³/mol. The summed E-state index contributed by atoms with van der Waals surface area (Å²) < 4.78 is 1.66. The van der Waals surface area contributed by atoms with Gasteiger partial charge < -0.3 is 5.32 Å². The lowest BCUT2D eigenvalue weighted by Gasteiger charge is -2.27. The van der Waals surface area contributed by atoms with Gasteiger partial charge in [-0.25, -0.2) is 9.88 Å². The van der Waals surface area contributed by atoms with E-state index in [0.717, 1.165) is 16.7 Å². The monoisotopic (exact) mass is 588 g/mol. The van der Waals surface area contributed by atoms with Gasteiger partial charge in [-0.2, -0.15) is 0 Å². The highest BCUT2D eigenvalue weighted by Gasteiger charge is 2.53. The first kappa shape index (κ1) is 28.6. The Kier molecular flexibility index (Phi) is 7.53. The molecule has 1 unspecified atom stereocenters. The number of amides is 2. The van der Waals surface area contributed by atoms with E-state index in [9.17, 15) is 14.4 Å². The van der Waals surface area contributed by atoms with Crippen LogP contribution in [0.5, 0.6) is 0 Å². The molecule has 0 saturated heterocycles. The highest BCUT2D eigenvalue weighted by molar-refractivity contribution is 6.35. The highest BCUT2D eigenvalue weighted by atomic mass is 35.5. The van der Waals surface area contributed by atoms with Crippen molar-refractivity contribution in [2.45, 2.75) is 51.1 Å². The third-order valence-corrected chi connectivity index (χ3v) is 8.21. The number of Topliss-reactive ketones (excluding diaryl/α,β-unsaturated/α-hetero) is 1. The number of fused-ring (bicyclic) bond motifs is 1. The number of ketones is 1. The van der Waals surface area contributed by atoms with Crippen molar-refractivity contribution in [1.82, 2.24) is 14.9 Å². The lowest BCUT2D eigenvalue weighted by molar-refractivity contribution is -0.124. The van der Waals surface area contributed by atoms with Crippen LogP contribution < -0.4 is 10.2 Å². The summed E-state index contributed by atoms with van der Waals surface area (Å²) in [6.07, 6.45) is 10.5. The van der Waals surface area contributed by atoms with Gasteiger partial charge in [0.25, 0.3) is 11.8 Å². The van der Waals surface area contributed by atoms with Gasteiger partial charge in [-0.15, -0.1) is 0 Å². The first-order valence-corrected chi connectivity index (χ1v) is 14.1. The summed E-state index contributed by atoms with van der Waals surface area (Å²) in [6.45, 7) is 8.97. The Morgan fingerprint density at radius 1 is 1.12 bits per heavy atom. The number of halogens is 2. The molecular formula is C32H30Cl2N4O3. The van der Waals surface area contributed by atoms with Crippen LogP contribution in [0.2, 0.25) is 10.0 Å². The van der Waals surface area contributed by atoms with Crippen LogP contribution in [0.4, 0.5) is 11.6 Å². The molecule has 0 spiro atoms. The molecular weight excluding hydrogens is 559 g/mol. The second-order valence-corrected chi connectivity index (χ2v) is 11.5. The standard InChI is InChI=1S/C32H30Cl2N4O3/c1-5-7-8-22(6-2)23-11-9-21(10-12-23)18-31(4)29(41)37(26-16-24(33)15-25(34)17-26)30-35-19-27(38(30)31)28(40)36-32(13-14-32)20(3)39/h5-12,15-17,19H,1,13-14,18H2,2-4H3,(H,36,40). The maximum absolute atomic E-state index is 14.3. The minimum absolute atomic E-state index is 0.0930. The van der Waals surface area contributed by atoms with Crippen molar-refractivity contribution in [2.24, 2.45) is 0 Å². The van der Waals surface area contributed by atoms with Crippen molar-refractivity contribution in [3.05, 3.63) is 106 Å². The second-order valence-electron chi connectivity index (χ2n) is 10.6. The number of carbonyl (C=O) groups excluding carboxylic acids is 3. The Morgan fingerprint density at radius 3 is 2.34 bits per heavy atom. The number of nitrogens with zero attached hydrogens (tertiary/aromatic N) is 3. The zero-order valence-corrected chi connectivity index (χ0v) is 24.6. The number of nitrogens with one attached hydrogen (secondary N) is 1. The molecule has 3 aromatic rings. The highest BCUT2D eigenvalue weighted by Crippen LogP contribution is 2.44. The van der Waals surface area contributed by atoms with Gasteiger partial charge in [0.1, 0.15) is 11.2 Å². The number of anilines is 2. The fourth-order valence-corrected chi connectivity index (χ4v) is 5.86. The number of hydrogen-bond acceptors (Lipinski definition) is 4. The smallest absolute Gasteiger partial charge is 0.270 e. The lowest BCUT2D eigenvalue weighted by atomic mass is 9.90. The molecule has 7 nitrogen and oxygen atoms in total. The van der Waals surface area contributed by atoms with E-state index >= 15 is 0 Å². The van der Waals surface area contributed by atoms with Crippen molar-refractivity contribution in [3.8, 4) is 0 Å². The summed E-state index contributed by atoms with van der Waals surface area (Å²) in [5, 5.41) is 3.62. The van der Waals surface area contributed by atoms with E-state index in [2.05, 4.69) is 16.9 Å². The van der Waals surface area contributed by atoms with E-state index in [1.165, 1.54) is 18.0 Å². The summed E-state index contributed by atoms with van der Waals surface area (Å²) >= 11 is 12.6. The predicted octanol–water partition coefficient (Wildman–Crippen LogP) is 6.82. The van der Waals surface area contributed by atoms with Crippen LogP contribution >= 0.6 is 23.2 Å². The largest absolute Gasteiger partial charge is 0.338 e. The Hall–Kier alpha value is -3.94. The van der Waals surface area contributed by atoms with Crippen molar-refractivity contribution >= 4 is 58.0 Å². The molecule has 1 aliphatic heterocycles. The van der Waals surface area contributed by atoms with Crippen LogP contribution in [0.1, 0.15) is 55.2 Å². The molecule has 1 aliphatic carbocycles. The normalized spacial score (nSPS) is 19.4. The number of hydrogen-bond donors (Lipinski definition) is 1. The fraction of sp³-hybridized carbons (Fsp3) is 0.250. The van der Waals surface area contributed by atoms with E-state index in [1.54, 1.807) is 35.8 Å². The summed E-state index contributed by atoms with van der Waals surface area (Å²) in [4.78, 5) is 46.0. The first-order valence-electron chi connectivity index (χ1n) is 13.3. The van der Waals surface area contributed by atoms with Crippen molar-refractivity contribution < 1.29 is 14.4 Å². The molecule has 1 saturated carbocycles. The quantitative estimate of drug-likeness (QED) is 0.278. The maximum atomic E-state index is 14.3. The molecule has 2 heterocycles.